The van der Waals surface area contributed by atoms with Gasteiger partial charge in [0, 0.05) is 5.56 Å². The first-order chi connectivity index (χ1) is 8.30. The molecule has 0 aliphatic carbocycles. The van der Waals surface area contributed by atoms with Crippen molar-refractivity contribution in [2.24, 2.45) is 0 Å². The second-order valence-electron chi connectivity index (χ2n) is 5.89. The van der Waals surface area contributed by atoms with Crippen molar-refractivity contribution >= 4 is 5.69 Å². The summed E-state index contributed by atoms with van der Waals surface area (Å²) in [6.45, 7) is 10.7. The fourth-order valence-electron chi connectivity index (χ4n) is 1.99. The number of benzene rings is 1. The Morgan fingerprint density at radius 2 is 1.83 bits per heavy atom. The second kappa shape index (κ2) is 4.16. The molecular formula is C15H21N3. The van der Waals surface area contributed by atoms with Gasteiger partial charge in [-0.2, -0.15) is 5.10 Å². The summed E-state index contributed by atoms with van der Waals surface area (Å²) in [5.74, 6) is 0. The van der Waals surface area contributed by atoms with E-state index in [1.165, 1.54) is 11.1 Å². The lowest BCUT2D eigenvalue weighted by atomic mass is 9.85. The predicted octanol–water partition coefficient (Wildman–Crippen LogP) is 3.57. The van der Waals surface area contributed by atoms with Crippen LogP contribution in [0.3, 0.4) is 0 Å². The Morgan fingerprint density at radius 3 is 2.33 bits per heavy atom. The van der Waals surface area contributed by atoms with Crippen molar-refractivity contribution in [3.63, 3.8) is 0 Å². The number of aryl methyl sites for hydroxylation is 2. The van der Waals surface area contributed by atoms with Gasteiger partial charge in [-0.25, -0.2) is 0 Å². The number of H-pyrrole nitrogens is 1. The summed E-state index contributed by atoms with van der Waals surface area (Å²) in [6, 6.07) is 6.51. The lowest BCUT2D eigenvalue weighted by molar-refractivity contribution is 0.590. The van der Waals surface area contributed by atoms with E-state index in [2.05, 4.69) is 56.1 Å². The molecule has 0 aliphatic heterocycles. The van der Waals surface area contributed by atoms with Crippen LogP contribution in [0.2, 0.25) is 0 Å². The van der Waals surface area contributed by atoms with E-state index in [0.29, 0.717) is 0 Å². The van der Waals surface area contributed by atoms with Crippen LogP contribution >= 0.6 is 0 Å². The van der Waals surface area contributed by atoms with E-state index < -0.39 is 0 Å². The van der Waals surface area contributed by atoms with Crippen LogP contribution in [-0.2, 0) is 5.41 Å². The summed E-state index contributed by atoms with van der Waals surface area (Å²) < 4.78 is 0. The first kappa shape index (κ1) is 12.7. The van der Waals surface area contributed by atoms with Gasteiger partial charge >= 0.3 is 0 Å². The van der Waals surface area contributed by atoms with Gasteiger partial charge in [0.05, 0.1) is 11.4 Å². The summed E-state index contributed by atoms with van der Waals surface area (Å²) in [6.07, 6.45) is 0. The summed E-state index contributed by atoms with van der Waals surface area (Å²) >= 11 is 0. The molecule has 0 radical (unpaired) electrons. The molecule has 3 nitrogen and oxygen atoms in total. The van der Waals surface area contributed by atoms with Crippen LogP contribution in [0.1, 0.15) is 37.6 Å². The van der Waals surface area contributed by atoms with Crippen molar-refractivity contribution < 1.29 is 0 Å². The highest BCUT2D eigenvalue weighted by Crippen LogP contribution is 2.32. The van der Waals surface area contributed by atoms with Crippen LogP contribution < -0.4 is 5.73 Å². The number of hydrogen-bond acceptors (Lipinski definition) is 2. The van der Waals surface area contributed by atoms with E-state index in [1.54, 1.807) is 0 Å². The zero-order valence-electron chi connectivity index (χ0n) is 11.8. The topological polar surface area (TPSA) is 54.7 Å². The summed E-state index contributed by atoms with van der Waals surface area (Å²) in [5.41, 5.74) is 12.3. The maximum Gasteiger partial charge on any atom is 0.116 e. The molecule has 2 rings (SSSR count). The average Bonchev–Trinajstić information content (AvgIpc) is 2.59. The molecule has 0 aliphatic rings. The maximum atomic E-state index is 6.07. The van der Waals surface area contributed by atoms with Crippen LogP contribution in [0, 0.1) is 13.8 Å². The molecule has 1 heterocycles. The van der Waals surface area contributed by atoms with E-state index in [4.69, 9.17) is 5.73 Å². The van der Waals surface area contributed by atoms with Crippen LogP contribution in [0.25, 0.3) is 11.3 Å². The van der Waals surface area contributed by atoms with Gasteiger partial charge < -0.3 is 5.73 Å². The zero-order valence-corrected chi connectivity index (χ0v) is 11.8. The Labute approximate surface area is 108 Å². The molecule has 2 aromatic rings. The van der Waals surface area contributed by atoms with Gasteiger partial charge in [0.25, 0.3) is 0 Å². The van der Waals surface area contributed by atoms with Crippen molar-refractivity contribution in [2.45, 2.75) is 40.0 Å². The molecule has 3 heteroatoms. The number of nitrogens with two attached hydrogens (primary N) is 1. The number of rotatable bonds is 1. The molecule has 0 saturated carbocycles. The van der Waals surface area contributed by atoms with Crippen molar-refractivity contribution in [2.75, 3.05) is 5.73 Å². The van der Waals surface area contributed by atoms with E-state index in [-0.39, 0.29) is 5.41 Å². The quantitative estimate of drug-likeness (QED) is 0.804. The van der Waals surface area contributed by atoms with E-state index in [0.717, 1.165) is 22.6 Å². The molecule has 0 atom stereocenters. The molecule has 18 heavy (non-hydrogen) atoms. The Kier molecular flexibility index (Phi) is 2.93. The fraction of sp³-hybridized carbons (Fsp3) is 0.400. The standard InChI is InChI=1S/C15H21N3/c1-9-6-7-11(15(3,4)5)8-12(9)14-13(16)10(2)17-18-14/h6-8H,16H2,1-5H3,(H,17,18). The van der Waals surface area contributed by atoms with Crippen molar-refractivity contribution in [1.29, 1.82) is 0 Å². The van der Waals surface area contributed by atoms with E-state index in [9.17, 15) is 0 Å². The van der Waals surface area contributed by atoms with Crippen LogP contribution in [0.15, 0.2) is 18.2 Å². The predicted molar refractivity (Wildman–Crippen MR) is 76.6 cm³/mol. The molecule has 0 spiro atoms. The normalized spacial score (nSPS) is 11.8. The van der Waals surface area contributed by atoms with Gasteiger partial charge in [0.1, 0.15) is 5.69 Å². The molecule has 1 aromatic heterocycles. The minimum atomic E-state index is 0.128. The third kappa shape index (κ3) is 2.13. The molecule has 0 fully saturated rings. The van der Waals surface area contributed by atoms with Gasteiger partial charge in [-0.3, -0.25) is 5.10 Å². The summed E-state index contributed by atoms with van der Waals surface area (Å²) in [7, 11) is 0. The lowest BCUT2D eigenvalue weighted by Crippen LogP contribution is -2.11. The minimum Gasteiger partial charge on any atom is -0.395 e. The number of aromatic nitrogens is 2. The molecule has 0 amide bonds. The summed E-state index contributed by atoms with van der Waals surface area (Å²) in [4.78, 5) is 0. The first-order valence-electron chi connectivity index (χ1n) is 6.22. The maximum absolute atomic E-state index is 6.07. The highest BCUT2D eigenvalue weighted by atomic mass is 15.1. The number of nitrogens with one attached hydrogen (secondary N) is 1. The molecule has 3 N–H and O–H groups in total. The van der Waals surface area contributed by atoms with Crippen LogP contribution in [0.4, 0.5) is 5.69 Å². The molecule has 96 valence electrons. The largest absolute Gasteiger partial charge is 0.395 e. The second-order valence-corrected chi connectivity index (χ2v) is 5.89. The SMILES string of the molecule is Cc1ccc(C(C)(C)C)cc1-c1n[nH]c(C)c1N. The molecule has 1 aromatic carbocycles. The highest BCUT2D eigenvalue weighted by Gasteiger charge is 2.17. The Morgan fingerprint density at radius 1 is 1.17 bits per heavy atom. The van der Waals surface area contributed by atoms with Gasteiger partial charge in [0.2, 0.25) is 0 Å². The zero-order chi connectivity index (χ0) is 13.5. The Hall–Kier alpha value is -1.77. The molecular weight excluding hydrogens is 222 g/mol. The third-order valence-corrected chi connectivity index (χ3v) is 3.35. The Bertz CT molecular complexity index is 574. The van der Waals surface area contributed by atoms with Gasteiger partial charge in [0.15, 0.2) is 0 Å². The number of aromatic amines is 1. The van der Waals surface area contributed by atoms with Crippen LogP contribution in [-0.4, -0.2) is 10.2 Å². The monoisotopic (exact) mass is 243 g/mol. The number of anilines is 1. The van der Waals surface area contributed by atoms with E-state index in [1.807, 2.05) is 6.92 Å². The van der Waals surface area contributed by atoms with Gasteiger partial charge in [-0.05, 0) is 36.5 Å². The van der Waals surface area contributed by atoms with Crippen LogP contribution in [0.5, 0.6) is 0 Å². The average molecular weight is 243 g/mol. The number of nitrogens with zero attached hydrogens (tertiary/aromatic N) is 1. The van der Waals surface area contributed by atoms with Crippen molar-refractivity contribution in [1.82, 2.24) is 10.2 Å². The van der Waals surface area contributed by atoms with E-state index >= 15 is 0 Å². The van der Waals surface area contributed by atoms with Gasteiger partial charge in [-0.15, -0.1) is 0 Å². The first-order valence-corrected chi connectivity index (χ1v) is 6.22. The minimum absolute atomic E-state index is 0.128. The summed E-state index contributed by atoms with van der Waals surface area (Å²) in [5, 5.41) is 7.27. The fourth-order valence-corrected chi connectivity index (χ4v) is 1.99. The lowest BCUT2D eigenvalue weighted by Gasteiger charge is -2.20. The molecule has 0 unspecified atom stereocenters. The molecule has 0 saturated heterocycles. The van der Waals surface area contributed by atoms with Crippen molar-refractivity contribution in [3.8, 4) is 11.3 Å². The smallest absolute Gasteiger partial charge is 0.116 e. The third-order valence-electron chi connectivity index (χ3n) is 3.35. The molecule has 0 bridgehead atoms. The highest BCUT2D eigenvalue weighted by molar-refractivity contribution is 5.76. The Balaban J connectivity index is 2.61. The van der Waals surface area contributed by atoms with Crippen molar-refractivity contribution in [3.05, 3.63) is 35.0 Å². The number of hydrogen-bond donors (Lipinski definition) is 2. The van der Waals surface area contributed by atoms with Gasteiger partial charge in [-0.1, -0.05) is 32.9 Å². The number of nitrogen functional groups attached to an aromatic ring is 1.